The second-order valence-corrected chi connectivity index (χ2v) is 7.08. The molecule has 158 valence electrons. The second kappa shape index (κ2) is 7.76. The molecule has 4 rings (SSSR count). The van der Waals surface area contributed by atoms with Gasteiger partial charge in [-0.05, 0) is 12.5 Å². The molecular formula is C18H19F3N8O. The maximum Gasteiger partial charge on any atom is 0.397 e. The van der Waals surface area contributed by atoms with E-state index in [-0.39, 0.29) is 19.1 Å². The van der Waals surface area contributed by atoms with Gasteiger partial charge < -0.3 is 10.2 Å². The summed E-state index contributed by atoms with van der Waals surface area (Å²) in [6.45, 7) is 0.481. The lowest BCUT2D eigenvalue weighted by Gasteiger charge is -2.17. The molecule has 3 aromatic rings. The minimum Gasteiger partial charge on any atom is -0.340 e. The summed E-state index contributed by atoms with van der Waals surface area (Å²) in [5, 5.41) is 11.5. The van der Waals surface area contributed by atoms with Gasteiger partial charge in [0, 0.05) is 44.3 Å². The Bertz CT molecular complexity index is 1040. The molecule has 0 aliphatic carbocycles. The van der Waals surface area contributed by atoms with Gasteiger partial charge in [-0.2, -0.15) is 23.4 Å². The fourth-order valence-electron chi connectivity index (χ4n) is 3.33. The Kier molecular flexibility index (Phi) is 5.14. The fourth-order valence-corrected chi connectivity index (χ4v) is 3.33. The number of hydrogen-bond donors (Lipinski definition) is 1. The number of nitrogens with zero attached hydrogens (tertiary/aromatic N) is 7. The van der Waals surface area contributed by atoms with Gasteiger partial charge in [-0.1, -0.05) is 0 Å². The number of amides is 1. The molecule has 3 aromatic heterocycles. The Morgan fingerprint density at radius 2 is 2.10 bits per heavy atom. The Labute approximate surface area is 169 Å². The van der Waals surface area contributed by atoms with Gasteiger partial charge in [0.15, 0.2) is 0 Å². The third-order valence-corrected chi connectivity index (χ3v) is 4.76. The SMILES string of the molecule is Cn1cc(Nc2nccc(-c3cnn(C4CCN(C(=O)CC(F)(F)F)C4)c3)n2)cn1. The van der Waals surface area contributed by atoms with Crippen molar-refractivity contribution in [2.45, 2.75) is 25.1 Å². The molecule has 1 aliphatic heterocycles. The average Bonchev–Trinajstić information content (AvgIpc) is 3.41. The Morgan fingerprint density at radius 3 is 2.83 bits per heavy atom. The van der Waals surface area contributed by atoms with E-state index in [1.54, 1.807) is 53.5 Å². The van der Waals surface area contributed by atoms with Crippen LogP contribution < -0.4 is 5.32 Å². The van der Waals surface area contributed by atoms with Crippen LogP contribution in [0.5, 0.6) is 0 Å². The average molecular weight is 420 g/mol. The van der Waals surface area contributed by atoms with E-state index in [9.17, 15) is 18.0 Å². The fraction of sp³-hybridized carbons (Fsp3) is 0.389. The zero-order valence-electron chi connectivity index (χ0n) is 16.0. The molecular weight excluding hydrogens is 401 g/mol. The molecule has 0 spiro atoms. The van der Waals surface area contributed by atoms with Gasteiger partial charge in [0.1, 0.15) is 6.42 Å². The Balaban J connectivity index is 1.43. The van der Waals surface area contributed by atoms with E-state index < -0.39 is 18.5 Å². The first kappa shape index (κ1) is 19.9. The number of rotatable bonds is 5. The summed E-state index contributed by atoms with van der Waals surface area (Å²) in [6, 6.07) is 1.56. The van der Waals surface area contributed by atoms with Crippen LogP contribution in [0.4, 0.5) is 24.8 Å². The molecule has 0 radical (unpaired) electrons. The van der Waals surface area contributed by atoms with E-state index in [4.69, 9.17) is 0 Å². The number of aryl methyl sites for hydroxylation is 1. The van der Waals surface area contributed by atoms with Crippen LogP contribution in [0.3, 0.4) is 0 Å². The molecule has 1 amide bonds. The number of alkyl halides is 3. The molecule has 9 nitrogen and oxygen atoms in total. The second-order valence-electron chi connectivity index (χ2n) is 7.08. The van der Waals surface area contributed by atoms with Crippen molar-refractivity contribution in [2.24, 2.45) is 7.05 Å². The topological polar surface area (TPSA) is 93.8 Å². The highest BCUT2D eigenvalue weighted by atomic mass is 19.4. The van der Waals surface area contributed by atoms with Gasteiger partial charge in [-0.3, -0.25) is 14.2 Å². The van der Waals surface area contributed by atoms with Crippen molar-refractivity contribution in [3.05, 3.63) is 37.1 Å². The molecule has 4 heterocycles. The van der Waals surface area contributed by atoms with Crippen LogP contribution in [0.25, 0.3) is 11.3 Å². The lowest BCUT2D eigenvalue weighted by atomic mass is 10.2. The predicted octanol–water partition coefficient (Wildman–Crippen LogP) is 2.54. The number of nitrogens with one attached hydrogen (secondary N) is 1. The van der Waals surface area contributed by atoms with Gasteiger partial charge in [-0.25, -0.2) is 9.97 Å². The molecule has 1 N–H and O–H groups in total. The molecule has 1 saturated heterocycles. The van der Waals surface area contributed by atoms with Gasteiger partial charge >= 0.3 is 6.18 Å². The van der Waals surface area contributed by atoms with Gasteiger partial charge in [0.25, 0.3) is 0 Å². The molecule has 30 heavy (non-hydrogen) atoms. The molecule has 1 unspecified atom stereocenters. The monoisotopic (exact) mass is 420 g/mol. The van der Waals surface area contributed by atoms with Crippen LogP contribution in [0, 0.1) is 0 Å². The Morgan fingerprint density at radius 1 is 1.27 bits per heavy atom. The highest BCUT2D eigenvalue weighted by molar-refractivity contribution is 5.77. The number of likely N-dealkylation sites (tertiary alicyclic amines) is 1. The molecule has 0 saturated carbocycles. The normalized spacial score (nSPS) is 16.8. The summed E-state index contributed by atoms with van der Waals surface area (Å²) in [7, 11) is 1.80. The van der Waals surface area contributed by atoms with Gasteiger partial charge in [-0.15, -0.1) is 0 Å². The summed E-state index contributed by atoms with van der Waals surface area (Å²) in [6.07, 6.45) is 3.09. The molecule has 1 atom stereocenters. The lowest BCUT2D eigenvalue weighted by Crippen LogP contribution is -2.32. The first-order valence-corrected chi connectivity index (χ1v) is 9.24. The van der Waals surface area contributed by atoms with Crippen LogP contribution in [0.1, 0.15) is 18.9 Å². The number of aromatic nitrogens is 6. The summed E-state index contributed by atoms with van der Waals surface area (Å²) in [5.41, 5.74) is 2.14. The maximum atomic E-state index is 12.5. The Hall–Kier alpha value is -3.44. The largest absolute Gasteiger partial charge is 0.397 e. The number of carbonyl (C=O) groups excluding carboxylic acids is 1. The van der Waals surface area contributed by atoms with Crippen LogP contribution in [-0.2, 0) is 11.8 Å². The number of carbonyl (C=O) groups is 1. The number of hydrogen-bond acceptors (Lipinski definition) is 6. The van der Waals surface area contributed by atoms with Crippen molar-refractivity contribution in [1.29, 1.82) is 0 Å². The van der Waals surface area contributed by atoms with E-state index in [0.717, 1.165) is 11.3 Å². The van der Waals surface area contributed by atoms with Crippen LogP contribution in [0.2, 0.25) is 0 Å². The smallest absolute Gasteiger partial charge is 0.340 e. The van der Waals surface area contributed by atoms with E-state index in [1.807, 2.05) is 0 Å². The molecule has 0 bridgehead atoms. The number of halogens is 3. The van der Waals surface area contributed by atoms with Crippen molar-refractivity contribution >= 4 is 17.5 Å². The van der Waals surface area contributed by atoms with Crippen molar-refractivity contribution in [2.75, 3.05) is 18.4 Å². The zero-order valence-corrected chi connectivity index (χ0v) is 16.0. The highest BCUT2D eigenvalue weighted by Crippen LogP contribution is 2.27. The molecule has 0 aromatic carbocycles. The van der Waals surface area contributed by atoms with Crippen molar-refractivity contribution in [3.63, 3.8) is 0 Å². The number of anilines is 2. The highest BCUT2D eigenvalue weighted by Gasteiger charge is 2.36. The van der Waals surface area contributed by atoms with E-state index >= 15 is 0 Å². The van der Waals surface area contributed by atoms with E-state index in [1.165, 1.54) is 4.90 Å². The molecule has 1 aliphatic rings. The summed E-state index contributed by atoms with van der Waals surface area (Å²) in [5.74, 6) is -0.502. The third kappa shape index (κ3) is 4.58. The molecule has 1 fully saturated rings. The third-order valence-electron chi connectivity index (χ3n) is 4.76. The van der Waals surface area contributed by atoms with Gasteiger partial charge in [0.05, 0.1) is 29.8 Å². The predicted molar refractivity (Wildman–Crippen MR) is 101 cm³/mol. The van der Waals surface area contributed by atoms with Crippen molar-refractivity contribution in [1.82, 2.24) is 34.4 Å². The van der Waals surface area contributed by atoms with Crippen LogP contribution >= 0.6 is 0 Å². The minimum atomic E-state index is -4.50. The summed E-state index contributed by atoms with van der Waals surface area (Å²) in [4.78, 5) is 21.7. The summed E-state index contributed by atoms with van der Waals surface area (Å²) < 4.78 is 40.7. The lowest BCUT2D eigenvalue weighted by molar-refractivity contribution is -0.160. The first-order valence-electron chi connectivity index (χ1n) is 9.24. The minimum absolute atomic E-state index is 0.175. The summed E-state index contributed by atoms with van der Waals surface area (Å²) >= 11 is 0. The molecule has 12 heteroatoms. The van der Waals surface area contributed by atoms with E-state index in [0.29, 0.717) is 18.1 Å². The van der Waals surface area contributed by atoms with Gasteiger partial charge in [0.2, 0.25) is 11.9 Å². The van der Waals surface area contributed by atoms with Crippen LogP contribution in [-0.4, -0.2) is 59.6 Å². The van der Waals surface area contributed by atoms with Crippen LogP contribution in [0.15, 0.2) is 37.1 Å². The quantitative estimate of drug-likeness (QED) is 0.682. The van der Waals surface area contributed by atoms with E-state index in [2.05, 4.69) is 25.5 Å². The van der Waals surface area contributed by atoms with Crippen molar-refractivity contribution < 1.29 is 18.0 Å². The first-order chi connectivity index (χ1) is 14.3. The zero-order chi connectivity index (χ0) is 21.3. The standard InChI is InChI=1S/C18H19F3N8O/c1-27-10-13(8-23-27)25-17-22-4-2-15(26-17)12-7-24-29(9-12)14-3-5-28(11-14)16(30)6-18(19,20)21/h2,4,7-10,14H,3,5-6,11H2,1H3,(H,22,25,26). The van der Waals surface area contributed by atoms with Crippen molar-refractivity contribution in [3.8, 4) is 11.3 Å². The maximum absolute atomic E-state index is 12.5.